The maximum Gasteiger partial charge on any atom is 0.341 e. The molecule has 2 N–H and O–H groups in total. The molecule has 1 aliphatic carbocycles. The van der Waals surface area contributed by atoms with E-state index in [1.807, 2.05) is 19.1 Å². The molecule has 33 heavy (non-hydrogen) atoms. The second-order valence-corrected chi connectivity index (χ2v) is 10.6. The molecule has 2 aromatic rings. The van der Waals surface area contributed by atoms with E-state index in [0.29, 0.717) is 22.9 Å². The summed E-state index contributed by atoms with van der Waals surface area (Å²) in [6.45, 7) is 8.04. The molecule has 0 fully saturated rings. The Morgan fingerprint density at radius 3 is 2.67 bits per heavy atom. The molecule has 0 aliphatic heterocycles. The molecular formula is C24H29BrN2O4S2. The molecule has 1 aromatic heterocycles. The molecule has 0 saturated carbocycles. The van der Waals surface area contributed by atoms with E-state index in [4.69, 9.17) is 21.7 Å². The number of anilines is 1. The summed E-state index contributed by atoms with van der Waals surface area (Å²) in [7, 11) is 0. The predicted octanol–water partition coefficient (Wildman–Crippen LogP) is 5.89. The van der Waals surface area contributed by atoms with E-state index in [1.54, 1.807) is 6.92 Å². The van der Waals surface area contributed by atoms with E-state index in [2.05, 4.69) is 40.4 Å². The Morgan fingerprint density at radius 1 is 1.24 bits per heavy atom. The van der Waals surface area contributed by atoms with Crippen molar-refractivity contribution in [2.24, 2.45) is 0 Å². The van der Waals surface area contributed by atoms with Crippen molar-refractivity contribution in [2.45, 2.75) is 59.3 Å². The van der Waals surface area contributed by atoms with Gasteiger partial charge < -0.3 is 14.8 Å². The maximum atomic E-state index is 12.6. The van der Waals surface area contributed by atoms with Gasteiger partial charge >= 0.3 is 5.97 Å². The fraction of sp³-hybridized carbons (Fsp3) is 0.458. The average molecular weight is 554 g/mol. The third kappa shape index (κ3) is 6.33. The largest absolute Gasteiger partial charge is 0.483 e. The van der Waals surface area contributed by atoms with Crippen LogP contribution in [0.2, 0.25) is 0 Å². The standard InChI is InChI=1S/C24H29BrN2O4S2/c1-5-30-23(29)21-15-8-6-7-9-19(15)33-22(21)27-24(32)26-20(28)12-31-18-10-14(4)17(25)11-16(18)13(2)3/h10-11,13H,5-9,12H2,1-4H3,(H2,26,27,28,32). The monoisotopic (exact) mass is 552 g/mol. The molecule has 1 aliphatic rings. The predicted molar refractivity (Wildman–Crippen MR) is 140 cm³/mol. The molecule has 178 valence electrons. The van der Waals surface area contributed by atoms with E-state index in [9.17, 15) is 9.59 Å². The lowest BCUT2D eigenvalue weighted by molar-refractivity contribution is -0.121. The van der Waals surface area contributed by atoms with Crippen LogP contribution in [0.25, 0.3) is 0 Å². The highest BCUT2D eigenvalue weighted by Crippen LogP contribution is 2.38. The first-order chi connectivity index (χ1) is 15.7. The van der Waals surface area contributed by atoms with E-state index in [-0.39, 0.29) is 29.5 Å². The second-order valence-electron chi connectivity index (χ2n) is 8.22. The van der Waals surface area contributed by atoms with Gasteiger partial charge in [-0.3, -0.25) is 10.1 Å². The first-order valence-electron chi connectivity index (χ1n) is 11.1. The van der Waals surface area contributed by atoms with Crippen LogP contribution in [-0.2, 0) is 22.4 Å². The molecule has 6 nitrogen and oxygen atoms in total. The lowest BCUT2D eigenvalue weighted by atomic mass is 9.95. The fourth-order valence-electron chi connectivity index (χ4n) is 3.76. The lowest BCUT2D eigenvalue weighted by Crippen LogP contribution is -2.37. The molecule has 0 bridgehead atoms. The minimum absolute atomic E-state index is 0.129. The van der Waals surface area contributed by atoms with Crippen molar-refractivity contribution < 1.29 is 19.1 Å². The molecule has 0 unspecified atom stereocenters. The molecular weight excluding hydrogens is 524 g/mol. The smallest absolute Gasteiger partial charge is 0.341 e. The third-order valence-electron chi connectivity index (χ3n) is 5.40. The van der Waals surface area contributed by atoms with Crippen molar-refractivity contribution in [1.82, 2.24) is 5.32 Å². The highest BCUT2D eigenvalue weighted by Gasteiger charge is 2.27. The van der Waals surface area contributed by atoms with Gasteiger partial charge in [-0.15, -0.1) is 11.3 Å². The number of ether oxygens (including phenoxy) is 2. The van der Waals surface area contributed by atoms with Gasteiger partial charge in [0, 0.05) is 9.35 Å². The van der Waals surface area contributed by atoms with Gasteiger partial charge in [0.15, 0.2) is 11.7 Å². The molecule has 1 aromatic carbocycles. The van der Waals surface area contributed by atoms with Crippen molar-refractivity contribution in [3.05, 3.63) is 43.7 Å². The molecule has 0 atom stereocenters. The number of thiocarbonyl (C=S) groups is 1. The summed E-state index contributed by atoms with van der Waals surface area (Å²) in [5.41, 5.74) is 3.62. The Labute approximate surface area is 212 Å². The number of hydrogen-bond acceptors (Lipinski definition) is 6. The summed E-state index contributed by atoms with van der Waals surface area (Å²) in [6.07, 6.45) is 3.93. The average Bonchev–Trinajstić information content (AvgIpc) is 3.11. The minimum Gasteiger partial charge on any atom is -0.483 e. The van der Waals surface area contributed by atoms with Crippen molar-refractivity contribution in [2.75, 3.05) is 18.5 Å². The molecule has 3 rings (SSSR count). The van der Waals surface area contributed by atoms with Crippen LogP contribution in [0.3, 0.4) is 0 Å². The number of hydrogen-bond donors (Lipinski definition) is 2. The Morgan fingerprint density at radius 2 is 1.97 bits per heavy atom. The Balaban J connectivity index is 1.66. The normalized spacial score (nSPS) is 12.8. The number of carbonyl (C=O) groups is 2. The zero-order valence-corrected chi connectivity index (χ0v) is 22.5. The van der Waals surface area contributed by atoms with Gasteiger partial charge in [-0.1, -0.05) is 29.8 Å². The Kier molecular flexibility index (Phi) is 8.89. The van der Waals surface area contributed by atoms with E-state index in [0.717, 1.165) is 46.8 Å². The molecule has 0 spiro atoms. The molecule has 0 radical (unpaired) electrons. The van der Waals surface area contributed by atoms with E-state index >= 15 is 0 Å². The van der Waals surface area contributed by atoms with Crippen LogP contribution in [0.5, 0.6) is 5.75 Å². The van der Waals surface area contributed by atoms with Gasteiger partial charge in [0.25, 0.3) is 5.91 Å². The number of rotatable bonds is 7. The number of nitrogens with one attached hydrogen (secondary N) is 2. The SMILES string of the molecule is CCOC(=O)c1c(NC(=S)NC(=O)COc2cc(C)c(Br)cc2C(C)C)sc2c1CCCC2. The Bertz CT molecular complexity index is 1070. The van der Waals surface area contributed by atoms with E-state index in [1.165, 1.54) is 16.2 Å². The first-order valence-corrected chi connectivity index (χ1v) is 13.1. The molecule has 9 heteroatoms. The number of aryl methyl sites for hydroxylation is 2. The van der Waals surface area contributed by atoms with E-state index < -0.39 is 0 Å². The van der Waals surface area contributed by atoms with Crippen LogP contribution in [0.15, 0.2) is 16.6 Å². The number of amides is 1. The van der Waals surface area contributed by atoms with Gasteiger partial charge in [0.1, 0.15) is 10.8 Å². The van der Waals surface area contributed by atoms with Crippen LogP contribution in [0.1, 0.15) is 71.5 Å². The van der Waals surface area contributed by atoms with Gasteiger partial charge in [-0.2, -0.15) is 0 Å². The number of esters is 1. The van der Waals surface area contributed by atoms with Crippen LogP contribution < -0.4 is 15.4 Å². The molecule has 0 saturated heterocycles. The quantitative estimate of drug-likeness (QED) is 0.329. The number of thiophene rings is 1. The van der Waals surface area contributed by atoms with Crippen molar-refractivity contribution in [3.8, 4) is 5.75 Å². The van der Waals surface area contributed by atoms with Gasteiger partial charge in [-0.05, 0) is 86.5 Å². The highest BCUT2D eigenvalue weighted by molar-refractivity contribution is 9.10. The summed E-state index contributed by atoms with van der Waals surface area (Å²) in [5, 5.41) is 6.44. The van der Waals surface area contributed by atoms with Gasteiger partial charge in [0.05, 0.1) is 12.2 Å². The third-order valence-corrected chi connectivity index (χ3v) is 7.67. The lowest BCUT2D eigenvalue weighted by Gasteiger charge is -2.16. The van der Waals surface area contributed by atoms with Crippen molar-refractivity contribution >= 4 is 61.5 Å². The second kappa shape index (κ2) is 11.4. The summed E-state index contributed by atoms with van der Waals surface area (Å²) >= 11 is 10.4. The van der Waals surface area contributed by atoms with Gasteiger partial charge in [0.2, 0.25) is 0 Å². The molecule has 1 amide bonds. The molecule has 1 heterocycles. The fourth-order valence-corrected chi connectivity index (χ4v) is 5.68. The Hall–Kier alpha value is -1.97. The van der Waals surface area contributed by atoms with Gasteiger partial charge in [-0.25, -0.2) is 4.79 Å². The summed E-state index contributed by atoms with van der Waals surface area (Å²) in [6, 6.07) is 3.94. The maximum absolute atomic E-state index is 12.6. The number of benzene rings is 1. The summed E-state index contributed by atoms with van der Waals surface area (Å²) in [5.74, 6) is 0.189. The highest BCUT2D eigenvalue weighted by atomic mass is 79.9. The number of halogens is 1. The van der Waals surface area contributed by atoms with Crippen LogP contribution in [0, 0.1) is 6.92 Å². The minimum atomic E-state index is -0.373. The van der Waals surface area contributed by atoms with Crippen molar-refractivity contribution in [3.63, 3.8) is 0 Å². The first kappa shape index (κ1) is 25.6. The zero-order valence-electron chi connectivity index (χ0n) is 19.3. The summed E-state index contributed by atoms with van der Waals surface area (Å²) < 4.78 is 12.1. The number of fused-ring (bicyclic) bond motifs is 1. The topological polar surface area (TPSA) is 76.7 Å². The summed E-state index contributed by atoms with van der Waals surface area (Å²) in [4.78, 5) is 26.3. The van der Waals surface area contributed by atoms with Crippen LogP contribution >= 0.6 is 39.5 Å². The van der Waals surface area contributed by atoms with Crippen LogP contribution in [0.4, 0.5) is 5.00 Å². The zero-order chi connectivity index (χ0) is 24.1. The number of carbonyl (C=O) groups excluding carboxylic acids is 2. The van der Waals surface area contributed by atoms with Crippen LogP contribution in [-0.4, -0.2) is 30.2 Å². The van der Waals surface area contributed by atoms with Crippen molar-refractivity contribution in [1.29, 1.82) is 0 Å².